The van der Waals surface area contributed by atoms with Crippen molar-refractivity contribution in [2.75, 3.05) is 22.0 Å². The Morgan fingerprint density at radius 1 is 0.800 bits per heavy atom. The number of amides is 1. The molecule has 0 atom stereocenters. The van der Waals surface area contributed by atoms with Gasteiger partial charge in [-0.15, -0.1) is 0 Å². The van der Waals surface area contributed by atoms with Crippen molar-refractivity contribution >= 4 is 38.7 Å². The van der Waals surface area contributed by atoms with E-state index in [0.29, 0.717) is 22.6 Å². The van der Waals surface area contributed by atoms with Gasteiger partial charge in [-0.1, -0.05) is 36.4 Å². The molecule has 7 heteroatoms. The summed E-state index contributed by atoms with van der Waals surface area (Å²) in [5, 5.41) is 5.70. The van der Waals surface area contributed by atoms with Crippen LogP contribution in [0.2, 0.25) is 0 Å². The Bertz CT molecular complexity index is 1240. The Hall–Kier alpha value is -3.32. The van der Waals surface area contributed by atoms with E-state index in [2.05, 4.69) is 10.6 Å². The van der Waals surface area contributed by atoms with Crippen LogP contribution in [0.4, 0.5) is 22.7 Å². The fourth-order valence-corrected chi connectivity index (χ4v) is 4.56. The third-order valence-corrected chi connectivity index (χ3v) is 7.39. The largest absolute Gasteiger partial charge is 0.353 e. The Labute approximate surface area is 176 Å². The number of carbonyl (C=O) groups is 1. The smallest absolute Gasteiger partial charge is 0.257 e. The summed E-state index contributed by atoms with van der Waals surface area (Å²) < 4.78 is 26.8. The quantitative estimate of drug-likeness (QED) is 0.632. The zero-order valence-electron chi connectivity index (χ0n) is 17.0. The van der Waals surface area contributed by atoms with Crippen molar-refractivity contribution in [2.24, 2.45) is 0 Å². The molecule has 0 fully saturated rings. The standard InChI is InChI=1S/C23H23N3O3S/c1-15(2)30(28,29)26(3)22-11-7-4-8-17(22)16-12-13-18-21(14-16)24-19-9-5-6-10-20(19)25-23(18)27/h4-15,24H,1-3H3,(H,25,27). The average molecular weight is 422 g/mol. The summed E-state index contributed by atoms with van der Waals surface area (Å²) in [6, 6.07) is 20.3. The zero-order chi connectivity index (χ0) is 21.5. The highest BCUT2D eigenvalue weighted by atomic mass is 32.2. The minimum Gasteiger partial charge on any atom is -0.353 e. The molecule has 0 aliphatic carbocycles. The van der Waals surface area contributed by atoms with Crippen LogP contribution in [-0.4, -0.2) is 26.6 Å². The lowest BCUT2D eigenvalue weighted by atomic mass is 10.0. The number of nitrogens with zero attached hydrogens (tertiary/aromatic N) is 1. The Kier molecular flexibility index (Phi) is 4.99. The predicted octanol–water partition coefficient (Wildman–Crippen LogP) is 4.84. The molecule has 0 spiro atoms. The van der Waals surface area contributed by atoms with Crippen LogP contribution in [0.1, 0.15) is 24.2 Å². The fraction of sp³-hybridized carbons (Fsp3) is 0.174. The molecule has 3 aromatic carbocycles. The molecule has 0 unspecified atom stereocenters. The average Bonchev–Trinajstić information content (AvgIpc) is 2.88. The third kappa shape index (κ3) is 3.41. The second-order valence-corrected chi connectivity index (χ2v) is 9.98. The molecule has 0 saturated heterocycles. The molecule has 1 heterocycles. The summed E-state index contributed by atoms with van der Waals surface area (Å²) in [7, 11) is -1.91. The highest BCUT2D eigenvalue weighted by Crippen LogP contribution is 2.37. The SMILES string of the molecule is CC(C)S(=O)(=O)N(C)c1ccccc1-c1ccc2c(c1)Nc1ccccc1NC2=O. The molecule has 0 saturated carbocycles. The van der Waals surface area contributed by atoms with Gasteiger partial charge in [-0.25, -0.2) is 8.42 Å². The number of para-hydroxylation sites is 3. The van der Waals surface area contributed by atoms with E-state index in [0.717, 1.165) is 16.8 Å². The summed E-state index contributed by atoms with van der Waals surface area (Å²) in [5.74, 6) is -0.193. The lowest BCUT2D eigenvalue weighted by Crippen LogP contribution is -2.33. The van der Waals surface area contributed by atoms with Gasteiger partial charge in [0.1, 0.15) is 0 Å². The lowest BCUT2D eigenvalue weighted by molar-refractivity contribution is 0.102. The monoisotopic (exact) mass is 421 g/mol. The second-order valence-electron chi connectivity index (χ2n) is 7.46. The van der Waals surface area contributed by atoms with Gasteiger partial charge in [0.05, 0.1) is 33.6 Å². The van der Waals surface area contributed by atoms with Gasteiger partial charge < -0.3 is 10.6 Å². The zero-order valence-corrected chi connectivity index (χ0v) is 17.8. The topological polar surface area (TPSA) is 78.5 Å². The number of carbonyl (C=O) groups excluding carboxylic acids is 1. The van der Waals surface area contributed by atoms with E-state index in [-0.39, 0.29) is 5.91 Å². The van der Waals surface area contributed by atoms with Crippen molar-refractivity contribution < 1.29 is 13.2 Å². The highest BCUT2D eigenvalue weighted by molar-refractivity contribution is 7.93. The first kappa shape index (κ1) is 20.0. The summed E-state index contributed by atoms with van der Waals surface area (Å²) in [5.41, 5.74) is 4.87. The maximum atomic E-state index is 12.7. The number of rotatable bonds is 4. The fourth-order valence-electron chi connectivity index (χ4n) is 3.49. The highest BCUT2D eigenvalue weighted by Gasteiger charge is 2.25. The third-order valence-electron chi connectivity index (χ3n) is 5.24. The van der Waals surface area contributed by atoms with Crippen LogP contribution in [0, 0.1) is 0 Å². The van der Waals surface area contributed by atoms with Gasteiger partial charge in [0.2, 0.25) is 10.0 Å². The number of sulfonamides is 1. The number of benzene rings is 3. The molecule has 6 nitrogen and oxygen atoms in total. The lowest BCUT2D eigenvalue weighted by Gasteiger charge is -2.24. The van der Waals surface area contributed by atoms with Gasteiger partial charge in [0, 0.05) is 12.6 Å². The van der Waals surface area contributed by atoms with Crippen molar-refractivity contribution in [1.29, 1.82) is 0 Å². The summed E-state index contributed by atoms with van der Waals surface area (Å²) >= 11 is 0. The minimum atomic E-state index is -3.48. The van der Waals surface area contributed by atoms with E-state index in [1.54, 1.807) is 33.0 Å². The molecule has 154 valence electrons. The molecular formula is C23H23N3O3S. The van der Waals surface area contributed by atoms with Gasteiger partial charge in [-0.05, 0) is 49.7 Å². The summed E-state index contributed by atoms with van der Waals surface area (Å²) in [6.45, 7) is 3.33. The summed E-state index contributed by atoms with van der Waals surface area (Å²) in [6.07, 6.45) is 0. The van der Waals surface area contributed by atoms with Crippen molar-refractivity contribution in [3.05, 3.63) is 72.3 Å². The van der Waals surface area contributed by atoms with Crippen molar-refractivity contribution in [3.63, 3.8) is 0 Å². The maximum absolute atomic E-state index is 12.7. The van der Waals surface area contributed by atoms with Crippen LogP contribution in [0.25, 0.3) is 11.1 Å². The Balaban J connectivity index is 1.82. The van der Waals surface area contributed by atoms with Crippen LogP contribution < -0.4 is 14.9 Å². The van der Waals surface area contributed by atoms with Crippen LogP contribution in [0.5, 0.6) is 0 Å². The van der Waals surface area contributed by atoms with E-state index in [1.165, 1.54) is 4.31 Å². The molecule has 30 heavy (non-hydrogen) atoms. The number of anilines is 4. The minimum absolute atomic E-state index is 0.193. The van der Waals surface area contributed by atoms with E-state index >= 15 is 0 Å². The van der Waals surface area contributed by atoms with Crippen molar-refractivity contribution in [1.82, 2.24) is 0 Å². The van der Waals surface area contributed by atoms with Gasteiger partial charge >= 0.3 is 0 Å². The first-order chi connectivity index (χ1) is 14.3. The molecule has 1 amide bonds. The second kappa shape index (κ2) is 7.50. The molecular weight excluding hydrogens is 398 g/mol. The molecule has 2 N–H and O–H groups in total. The van der Waals surface area contributed by atoms with E-state index in [4.69, 9.17) is 0 Å². The van der Waals surface area contributed by atoms with E-state index < -0.39 is 15.3 Å². The van der Waals surface area contributed by atoms with E-state index in [1.807, 2.05) is 54.6 Å². The van der Waals surface area contributed by atoms with E-state index in [9.17, 15) is 13.2 Å². The van der Waals surface area contributed by atoms with Gasteiger partial charge in [0.25, 0.3) is 5.91 Å². The van der Waals surface area contributed by atoms with Gasteiger partial charge in [-0.2, -0.15) is 0 Å². The molecule has 0 bridgehead atoms. The number of hydrogen-bond donors (Lipinski definition) is 2. The molecule has 4 rings (SSSR count). The molecule has 3 aromatic rings. The molecule has 1 aliphatic rings. The van der Waals surface area contributed by atoms with Crippen LogP contribution >= 0.6 is 0 Å². The predicted molar refractivity (Wildman–Crippen MR) is 122 cm³/mol. The van der Waals surface area contributed by atoms with Crippen molar-refractivity contribution in [2.45, 2.75) is 19.1 Å². The first-order valence-electron chi connectivity index (χ1n) is 9.67. The molecule has 0 aromatic heterocycles. The Morgan fingerprint density at radius 2 is 1.43 bits per heavy atom. The number of fused-ring (bicyclic) bond motifs is 2. The maximum Gasteiger partial charge on any atom is 0.257 e. The number of nitrogens with one attached hydrogen (secondary N) is 2. The molecule has 1 aliphatic heterocycles. The van der Waals surface area contributed by atoms with Crippen LogP contribution in [0.15, 0.2) is 66.7 Å². The normalized spacial score (nSPS) is 13.0. The Morgan fingerprint density at radius 3 is 2.13 bits per heavy atom. The van der Waals surface area contributed by atoms with Crippen LogP contribution in [-0.2, 0) is 10.0 Å². The number of hydrogen-bond acceptors (Lipinski definition) is 4. The first-order valence-corrected chi connectivity index (χ1v) is 11.2. The van der Waals surface area contributed by atoms with Gasteiger partial charge in [0.15, 0.2) is 0 Å². The molecule has 0 radical (unpaired) electrons. The van der Waals surface area contributed by atoms with Crippen LogP contribution in [0.3, 0.4) is 0 Å². The summed E-state index contributed by atoms with van der Waals surface area (Å²) in [4.78, 5) is 12.7. The van der Waals surface area contributed by atoms with Gasteiger partial charge in [-0.3, -0.25) is 9.10 Å². The van der Waals surface area contributed by atoms with Crippen molar-refractivity contribution in [3.8, 4) is 11.1 Å².